The Labute approximate surface area is 123 Å². The van der Waals surface area contributed by atoms with Crippen LogP contribution in [0, 0.1) is 0 Å². The number of carboxylic acids is 1. The molecule has 0 amide bonds. The standard InChI is InChI=1S/C14H20ClNO4/c1-14(2,3)20-13(19)16-11(12(17)18)8-9-4-6-10(15)7-5-9/h4-7,11,13,16,19H,8H2,1-3H3,(H,17,18). The molecule has 1 aromatic rings. The maximum Gasteiger partial charge on any atom is 0.321 e. The highest BCUT2D eigenvalue weighted by molar-refractivity contribution is 6.30. The maximum absolute atomic E-state index is 11.2. The van der Waals surface area contributed by atoms with Gasteiger partial charge in [0, 0.05) is 5.02 Å². The quantitative estimate of drug-likeness (QED) is 0.701. The van der Waals surface area contributed by atoms with Gasteiger partial charge in [0.1, 0.15) is 6.04 Å². The summed E-state index contributed by atoms with van der Waals surface area (Å²) in [7, 11) is 0. The first-order valence-electron chi connectivity index (χ1n) is 6.26. The number of halogens is 1. The number of aliphatic hydroxyl groups excluding tert-OH is 1. The fraction of sp³-hybridized carbons (Fsp3) is 0.500. The largest absolute Gasteiger partial charge is 0.480 e. The Morgan fingerprint density at radius 3 is 2.35 bits per heavy atom. The summed E-state index contributed by atoms with van der Waals surface area (Å²) >= 11 is 5.78. The fourth-order valence-electron chi connectivity index (χ4n) is 1.61. The molecule has 0 aromatic heterocycles. The van der Waals surface area contributed by atoms with Gasteiger partial charge in [-0.05, 0) is 44.9 Å². The molecule has 0 bridgehead atoms. The highest BCUT2D eigenvalue weighted by Crippen LogP contribution is 2.12. The van der Waals surface area contributed by atoms with Crippen LogP contribution in [0.2, 0.25) is 5.02 Å². The van der Waals surface area contributed by atoms with Gasteiger partial charge in [-0.1, -0.05) is 23.7 Å². The van der Waals surface area contributed by atoms with Gasteiger partial charge >= 0.3 is 5.97 Å². The Morgan fingerprint density at radius 2 is 1.90 bits per heavy atom. The van der Waals surface area contributed by atoms with Crippen LogP contribution in [-0.4, -0.2) is 34.2 Å². The molecule has 5 nitrogen and oxygen atoms in total. The van der Waals surface area contributed by atoms with Crippen molar-refractivity contribution in [3.8, 4) is 0 Å². The van der Waals surface area contributed by atoms with E-state index in [-0.39, 0.29) is 6.42 Å². The zero-order valence-corrected chi connectivity index (χ0v) is 12.5. The average Bonchev–Trinajstić information content (AvgIpc) is 2.28. The Balaban J connectivity index is 2.65. The zero-order chi connectivity index (χ0) is 15.3. The fourth-order valence-corrected chi connectivity index (χ4v) is 1.74. The molecular formula is C14H20ClNO4. The van der Waals surface area contributed by atoms with Crippen LogP contribution in [0.1, 0.15) is 26.3 Å². The first-order valence-corrected chi connectivity index (χ1v) is 6.64. The van der Waals surface area contributed by atoms with Crippen molar-refractivity contribution >= 4 is 17.6 Å². The number of hydrogen-bond donors (Lipinski definition) is 3. The summed E-state index contributed by atoms with van der Waals surface area (Å²) in [5, 5.41) is 22.0. The Kier molecular flexibility index (Phi) is 5.95. The van der Waals surface area contributed by atoms with Crippen LogP contribution in [0.15, 0.2) is 24.3 Å². The van der Waals surface area contributed by atoms with Crippen molar-refractivity contribution in [3.63, 3.8) is 0 Å². The second-order valence-corrected chi connectivity index (χ2v) is 5.91. The van der Waals surface area contributed by atoms with Crippen LogP contribution in [0.25, 0.3) is 0 Å². The lowest BCUT2D eigenvalue weighted by atomic mass is 10.1. The summed E-state index contributed by atoms with van der Waals surface area (Å²) in [6.45, 7) is 5.31. The summed E-state index contributed by atoms with van der Waals surface area (Å²) in [5.41, 5.74) is 0.229. The third kappa shape index (κ3) is 6.34. The first-order chi connectivity index (χ1) is 9.17. The SMILES string of the molecule is CC(C)(C)OC(O)NC(Cc1ccc(Cl)cc1)C(=O)O. The van der Waals surface area contributed by atoms with Crippen LogP contribution < -0.4 is 5.32 Å². The molecule has 0 spiro atoms. The molecule has 0 radical (unpaired) electrons. The number of benzene rings is 1. The Hall–Kier alpha value is -1.14. The van der Waals surface area contributed by atoms with E-state index in [1.165, 1.54) is 0 Å². The van der Waals surface area contributed by atoms with E-state index in [1.807, 2.05) is 0 Å². The smallest absolute Gasteiger partial charge is 0.321 e. The number of aliphatic hydroxyl groups is 1. The van der Waals surface area contributed by atoms with E-state index in [9.17, 15) is 15.0 Å². The lowest BCUT2D eigenvalue weighted by Crippen LogP contribution is -2.48. The zero-order valence-electron chi connectivity index (χ0n) is 11.8. The van der Waals surface area contributed by atoms with Gasteiger partial charge < -0.3 is 14.9 Å². The maximum atomic E-state index is 11.2. The number of carbonyl (C=O) groups is 1. The summed E-state index contributed by atoms with van der Waals surface area (Å²) < 4.78 is 5.24. The van der Waals surface area contributed by atoms with E-state index in [4.69, 9.17) is 16.3 Å². The van der Waals surface area contributed by atoms with Crippen molar-refractivity contribution in [1.82, 2.24) is 5.32 Å². The lowest BCUT2D eigenvalue weighted by molar-refractivity contribution is -0.189. The monoisotopic (exact) mass is 301 g/mol. The molecule has 0 saturated heterocycles. The predicted octanol–water partition coefficient (Wildman–Crippen LogP) is 2.02. The summed E-state index contributed by atoms with van der Waals surface area (Å²) in [4.78, 5) is 11.2. The molecule has 2 atom stereocenters. The molecule has 0 heterocycles. The van der Waals surface area contributed by atoms with Crippen molar-refractivity contribution in [2.75, 3.05) is 0 Å². The van der Waals surface area contributed by atoms with Gasteiger partial charge in [-0.15, -0.1) is 0 Å². The minimum absolute atomic E-state index is 0.219. The van der Waals surface area contributed by atoms with Crippen molar-refractivity contribution in [2.24, 2.45) is 0 Å². The molecule has 1 aromatic carbocycles. The minimum Gasteiger partial charge on any atom is -0.480 e. The number of ether oxygens (including phenoxy) is 1. The van der Waals surface area contributed by atoms with E-state index < -0.39 is 24.0 Å². The second-order valence-electron chi connectivity index (χ2n) is 5.47. The van der Waals surface area contributed by atoms with Crippen molar-refractivity contribution < 1.29 is 19.7 Å². The average molecular weight is 302 g/mol. The molecule has 112 valence electrons. The highest BCUT2D eigenvalue weighted by atomic mass is 35.5. The van der Waals surface area contributed by atoms with Crippen LogP contribution in [0.5, 0.6) is 0 Å². The number of nitrogens with one attached hydrogen (secondary N) is 1. The van der Waals surface area contributed by atoms with Crippen molar-refractivity contribution in [1.29, 1.82) is 0 Å². The van der Waals surface area contributed by atoms with Gasteiger partial charge in [0.15, 0.2) is 0 Å². The van der Waals surface area contributed by atoms with Gasteiger partial charge in [-0.2, -0.15) is 0 Å². The molecule has 0 aliphatic carbocycles. The normalized spacial score (nSPS) is 14.8. The summed E-state index contributed by atoms with van der Waals surface area (Å²) in [5.74, 6) is -1.06. The second kappa shape index (κ2) is 7.04. The van der Waals surface area contributed by atoms with E-state index in [0.29, 0.717) is 5.02 Å². The third-order valence-corrected chi connectivity index (χ3v) is 2.71. The van der Waals surface area contributed by atoms with Crippen molar-refractivity contribution in [2.45, 2.75) is 45.2 Å². The Morgan fingerprint density at radius 1 is 1.35 bits per heavy atom. The topological polar surface area (TPSA) is 78.8 Å². The van der Waals surface area contributed by atoms with Gasteiger partial charge in [0.2, 0.25) is 6.41 Å². The minimum atomic E-state index is -1.34. The van der Waals surface area contributed by atoms with E-state index >= 15 is 0 Å². The molecule has 2 unspecified atom stereocenters. The van der Waals surface area contributed by atoms with Crippen molar-refractivity contribution in [3.05, 3.63) is 34.9 Å². The Bertz CT molecular complexity index is 441. The molecule has 0 aliphatic heterocycles. The van der Waals surface area contributed by atoms with E-state index in [1.54, 1.807) is 45.0 Å². The number of hydrogen-bond acceptors (Lipinski definition) is 4. The lowest BCUT2D eigenvalue weighted by Gasteiger charge is -2.26. The van der Waals surface area contributed by atoms with Gasteiger partial charge in [-0.3, -0.25) is 10.1 Å². The van der Waals surface area contributed by atoms with Crippen LogP contribution in [0.3, 0.4) is 0 Å². The molecule has 3 N–H and O–H groups in total. The molecule has 0 fully saturated rings. The van der Waals surface area contributed by atoms with Crippen LogP contribution in [-0.2, 0) is 16.0 Å². The molecule has 0 saturated carbocycles. The summed E-state index contributed by atoms with van der Waals surface area (Å²) in [6.07, 6.45) is -1.12. The van der Waals surface area contributed by atoms with E-state index in [2.05, 4.69) is 5.32 Å². The van der Waals surface area contributed by atoms with Gasteiger partial charge in [-0.25, -0.2) is 0 Å². The van der Waals surface area contributed by atoms with E-state index in [0.717, 1.165) is 5.56 Å². The molecule has 0 aliphatic rings. The first kappa shape index (κ1) is 16.9. The molecular weight excluding hydrogens is 282 g/mol. The molecule has 6 heteroatoms. The highest BCUT2D eigenvalue weighted by Gasteiger charge is 2.24. The summed E-state index contributed by atoms with van der Waals surface area (Å²) in [6, 6.07) is 5.93. The van der Waals surface area contributed by atoms with Crippen LogP contribution >= 0.6 is 11.6 Å². The van der Waals surface area contributed by atoms with Gasteiger partial charge in [0.25, 0.3) is 0 Å². The number of carboxylic acid groups (broad SMARTS) is 1. The number of aliphatic carboxylic acids is 1. The predicted molar refractivity (Wildman–Crippen MR) is 76.6 cm³/mol. The molecule has 20 heavy (non-hydrogen) atoms. The molecule has 1 rings (SSSR count). The van der Waals surface area contributed by atoms with Crippen LogP contribution in [0.4, 0.5) is 0 Å². The number of rotatable bonds is 6. The third-order valence-electron chi connectivity index (χ3n) is 2.46. The van der Waals surface area contributed by atoms with Gasteiger partial charge in [0.05, 0.1) is 5.60 Å².